The Labute approximate surface area is 101 Å². The van der Waals surface area contributed by atoms with E-state index in [9.17, 15) is 10.1 Å². The maximum atomic E-state index is 10.8. The Kier molecular flexibility index (Phi) is 3.24. The molecule has 0 atom stereocenters. The van der Waals surface area contributed by atoms with Gasteiger partial charge in [0, 0.05) is 17.2 Å². The molecule has 0 bridgehead atoms. The highest BCUT2D eigenvalue weighted by molar-refractivity contribution is 6.31. The van der Waals surface area contributed by atoms with Gasteiger partial charge in [0.2, 0.25) is 0 Å². The summed E-state index contributed by atoms with van der Waals surface area (Å²) in [7, 11) is 0. The first kappa shape index (κ1) is 11.4. The van der Waals surface area contributed by atoms with E-state index < -0.39 is 4.92 Å². The number of rotatable bonds is 4. The summed E-state index contributed by atoms with van der Waals surface area (Å²) in [6.45, 7) is 0.307. The van der Waals surface area contributed by atoms with Crippen LogP contribution < -0.4 is 5.32 Å². The molecule has 0 radical (unpaired) electrons. The molecule has 0 aliphatic heterocycles. The minimum Gasteiger partial charge on any atom is -0.372 e. The summed E-state index contributed by atoms with van der Waals surface area (Å²) in [6.07, 6.45) is 1.50. The first-order chi connectivity index (χ1) is 8.16. The second kappa shape index (κ2) is 4.84. The van der Waals surface area contributed by atoms with Gasteiger partial charge in [0.25, 0.3) is 5.69 Å². The molecular formula is C10H8ClN3O3. The summed E-state index contributed by atoms with van der Waals surface area (Å²) in [5.41, 5.74) is 0.313. The maximum absolute atomic E-state index is 10.8. The largest absolute Gasteiger partial charge is 0.372 e. The van der Waals surface area contributed by atoms with Gasteiger partial charge in [-0.05, 0) is 12.1 Å². The van der Waals surface area contributed by atoms with E-state index in [0.29, 0.717) is 23.0 Å². The molecule has 1 aromatic carbocycles. The number of aromatic nitrogens is 1. The second-order valence-corrected chi connectivity index (χ2v) is 3.69. The van der Waals surface area contributed by atoms with Crippen LogP contribution in [0, 0.1) is 10.1 Å². The molecule has 1 heterocycles. The quantitative estimate of drug-likeness (QED) is 0.669. The molecule has 0 spiro atoms. The molecule has 2 rings (SSSR count). The van der Waals surface area contributed by atoms with Crippen molar-refractivity contribution in [1.82, 2.24) is 5.16 Å². The summed E-state index contributed by atoms with van der Waals surface area (Å²) in [5.74, 6) is 0.583. The van der Waals surface area contributed by atoms with E-state index >= 15 is 0 Å². The second-order valence-electron chi connectivity index (χ2n) is 3.25. The zero-order chi connectivity index (χ0) is 12.3. The van der Waals surface area contributed by atoms with Crippen molar-refractivity contribution in [2.75, 3.05) is 5.32 Å². The number of benzene rings is 1. The molecule has 0 saturated heterocycles. The van der Waals surface area contributed by atoms with Crippen LogP contribution in [-0.4, -0.2) is 10.1 Å². The molecule has 1 aromatic heterocycles. The Balaban J connectivity index is 2.19. The van der Waals surface area contributed by atoms with Gasteiger partial charge in [0.1, 0.15) is 5.69 Å². The molecule has 0 fully saturated rings. The van der Waals surface area contributed by atoms with Gasteiger partial charge in [-0.15, -0.1) is 0 Å². The normalized spacial score (nSPS) is 10.2. The molecule has 1 N–H and O–H groups in total. The van der Waals surface area contributed by atoms with Crippen LogP contribution in [0.1, 0.15) is 5.76 Å². The number of nitro benzene ring substituents is 1. The number of hydrogen-bond donors (Lipinski definition) is 1. The Morgan fingerprint density at radius 2 is 2.29 bits per heavy atom. The highest BCUT2D eigenvalue weighted by atomic mass is 35.5. The average Bonchev–Trinajstić information content (AvgIpc) is 2.78. The lowest BCUT2D eigenvalue weighted by Crippen LogP contribution is -2.01. The number of halogens is 1. The standard InChI is InChI=1S/C10H8ClN3O3/c11-7-1-2-10(14(15)16)9(5-7)12-6-8-3-4-13-17-8/h1-5,12H,6H2. The number of hydrogen-bond acceptors (Lipinski definition) is 5. The number of nitro groups is 1. The molecule has 0 saturated carbocycles. The number of nitrogens with one attached hydrogen (secondary N) is 1. The minimum absolute atomic E-state index is 0.0334. The van der Waals surface area contributed by atoms with Gasteiger partial charge in [-0.25, -0.2) is 0 Å². The fourth-order valence-corrected chi connectivity index (χ4v) is 1.50. The zero-order valence-electron chi connectivity index (χ0n) is 8.59. The number of nitrogens with zero attached hydrogens (tertiary/aromatic N) is 2. The van der Waals surface area contributed by atoms with Crippen LogP contribution >= 0.6 is 11.6 Å². The van der Waals surface area contributed by atoms with E-state index in [1.165, 1.54) is 24.4 Å². The lowest BCUT2D eigenvalue weighted by Gasteiger charge is -2.05. The van der Waals surface area contributed by atoms with E-state index in [2.05, 4.69) is 10.5 Å². The third kappa shape index (κ3) is 2.73. The molecule has 0 aliphatic rings. The molecule has 0 aliphatic carbocycles. The van der Waals surface area contributed by atoms with Gasteiger partial charge in [-0.3, -0.25) is 10.1 Å². The molecule has 17 heavy (non-hydrogen) atoms. The van der Waals surface area contributed by atoms with Crippen molar-refractivity contribution < 1.29 is 9.45 Å². The van der Waals surface area contributed by atoms with Crippen LogP contribution in [-0.2, 0) is 6.54 Å². The van der Waals surface area contributed by atoms with Crippen molar-refractivity contribution in [2.24, 2.45) is 0 Å². The van der Waals surface area contributed by atoms with Gasteiger partial charge in [-0.1, -0.05) is 16.8 Å². The summed E-state index contributed by atoms with van der Waals surface area (Å²) in [6, 6.07) is 5.99. The highest BCUT2D eigenvalue weighted by Crippen LogP contribution is 2.27. The first-order valence-corrected chi connectivity index (χ1v) is 5.12. The van der Waals surface area contributed by atoms with Crippen molar-refractivity contribution in [3.05, 3.63) is 51.4 Å². The smallest absolute Gasteiger partial charge is 0.292 e. The first-order valence-electron chi connectivity index (χ1n) is 4.74. The highest BCUT2D eigenvalue weighted by Gasteiger charge is 2.13. The van der Waals surface area contributed by atoms with Crippen molar-refractivity contribution in [1.29, 1.82) is 0 Å². The third-order valence-electron chi connectivity index (χ3n) is 2.10. The Morgan fingerprint density at radius 1 is 1.47 bits per heavy atom. The summed E-state index contributed by atoms with van der Waals surface area (Å²) in [5, 5.41) is 17.6. The topological polar surface area (TPSA) is 81.2 Å². The third-order valence-corrected chi connectivity index (χ3v) is 2.33. The molecule has 88 valence electrons. The van der Waals surface area contributed by atoms with Gasteiger partial charge >= 0.3 is 0 Å². The van der Waals surface area contributed by atoms with E-state index in [1.807, 2.05) is 0 Å². The van der Waals surface area contributed by atoms with Gasteiger partial charge in [-0.2, -0.15) is 0 Å². The van der Waals surface area contributed by atoms with Crippen LogP contribution in [0.15, 0.2) is 35.0 Å². The summed E-state index contributed by atoms with van der Waals surface area (Å²) >= 11 is 5.78. The van der Waals surface area contributed by atoms with E-state index in [0.717, 1.165) is 0 Å². The van der Waals surface area contributed by atoms with E-state index in [4.69, 9.17) is 16.1 Å². The van der Waals surface area contributed by atoms with Crippen molar-refractivity contribution in [3.8, 4) is 0 Å². The fourth-order valence-electron chi connectivity index (χ4n) is 1.32. The number of anilines is 1. The summed E-state index contributed by atoms with van der Waals surface area (Å²) < 4.78 is 4.87. The van der Waals surface area contributed by atoms with Crippen LogP contribution in [0.5, 0.6) is 0 Å². The van der Waals surface area contributed by atoms with Gasteiger partial charge < -0.3 is 9.84 Å². The zero-order valence-corrected chi connectivity index (χ0v) is 9.35. The van der Waals surface area contributed by atoms with E-state index in [1.54, 1.807) is 6.07 Å². The SMILES string of the molecule is O=[N+]([O-])c1ccc(Cl)cc1NCc1ccno1. The monoisotopic (exact) mass is 253 g/mol. The lowest BCUT2D eigenvalue weighted by atomic mass is 10.2. The predicted octanol–water partition coefficient (Wildman–Crippen LogP) is 2.85. The molecule has 7 heteroatoms. The summed E-state index contributed by atoms with van der Waals surface area (Å²) in [4.78, 5) is 10.3. The van der Waals surface area contributed by atoms with E-state index in [-0.39, 0.29) is 5.69 Å². The molecular weight excluding hydrogens is 246 g/mol. The van der Waals surface area contributed by atoms with Crippen LogP contribution in [0.25, 0.3) is 0 Å². The average molecular weight is 254 g/mol. The molecule has 2 aromatic rings. The predicted molar refractivity (Wildman–Crippen MR) is 61.9 cm³/mol. The van der Waals surface area contributed by atoms with Gasteiger partial charge in [0.05, 0.1) is 17.7 Å². The fraction of sp³-hybridized carbons (Fsp3) is 0.100. The van der Waals surface area contributed by atoms with Crippen LogP contribution in [0.3, 0.4) is 0 Å². The Bertz CT molecular complexity index is 528. The maximum Gasteiger partial charge on any atom is 0.292 e. The lowest BCUT2D eigenvalue weighted by molar-refractivity contribution is -0.384. The van der Waals surface area contributed by atoms with Crippen molar-refractivity contribution in [3.63, 3.8) is 0 Å². The van der Waals surface area contributed by atoms with Crippen molar-refractivity contribution in [2.45, 2.75) is 6.54 Å². The minimum atomic E-state index is -0.473. The Hall–Kier alpha value is -2.08. The molecule has 0 amide bonds. The Morgan fingerprint density at radius 3 is 2.94 bits per heavy atom. The van der Waals surface area contributed by atoms with Crippen LogP contribution in [0.2, 0.25) is 5.02 Å². The molecule has 6 nitrogen and oxygen atoms in total. The van der Waals surface area contributed by atoms with Crippen LogP contribution in [0.4, 0.5) is 11.4 Å². The van der Waals surface area contributed by atoms with Crippen molar-refractivity contribution >= 4 is 23.0 Å². The molecule has 0 unspecified atom stereocenters. The van der Waals surface area contributed by atoms with Gasteiger partial charge in [0.15, 0.2) is 5.76 Å².